The van der Waals surface area contributed by atoms with Gasteiger partial charge in [-0.2, -0.15) is 10.5 Å². The van der Waals surface area contributed by atoms with E-state index >= 15 is 0 Å². The molecule has 2 N–H and O–H groups in total. The second-order valence-corrected chi connectivity index (χ2v) is 9.07. The third kappa shape index (κ3) is 4.77. The fourth-order valence-electron chi connectivity index (χ4n) is 3.89. The SMILES string of the molecule is COc1ccc(C#N)cc1-c1cc(CO)ncc1C(=O)Nc1nc2ccc(-c3ccc(C#N)cc3)nc2s1. The van der Waals surface area contributed by atoms with Crippen molar-refractivity contribution in [2.24, 2.45) is 0 Å². The predicted molar refractivity (Wildman–Crippen MR) is 142 cm³/mol. The number of hydrogen-bond acceptors (Lipinski definition) is 9. The first-order valence-electron chi connectivity index (χ1n) is 11.3. The molecule has 9 nitrogen and oxygen atoms in total. The lowest BCUT2D eigenvalue weighted by Crippen LogP contribution is -2.14. The lowest BCUT2D eigenvalue weighted by atomic mass is 9.97. The molecule has 10 heteroatoms. The Morgan fingerprint density at radius 3 is 2.47 bits per heavy atom. The number of amides is 1. The van der Waals surface area contributed by atoms with Crippen molar-refractivity contribution in [2.45, 2.75) is 6.61 Å². The van der Waals surface area contributed by atoms with E-state index in [2.05, 4.69) is 32.4 Å². The van der Waals surface area contributed by atoms with E-state index in [1.165, 1.54) is 24.6 Å². The second-order valence-electron chi connectivity index (χ2n) is 8.09. The van der Waals surface area contributed by atoms with Gasteiger partial charge in [0, 0.05) is 22.9 Å². The number of rotatable bonds is 6. The molecular formula is C28H18N6O3S. The van der Waals surface area contributed by atoms with Gasteiger partial charge in [-0.25, -0.2) is 9.97 Å². The molecule has 0 bridgehead atoms. The van der Waals surface area contributed by atoms with Gasteiger partial charge in [0.2, 0.25) is 0 Å². The van der Waals surface area contributed by atoms with Crippen LogP contribution in [0.15, 0.2) is 66.9 Å². The maximum atomic E-state index is 13.4. The van der Waals surface area contributed by atoms with Crippen molar-refractivity contribution >= 4 is 32.7 Å². The summed E-state index contributed by atoms with van der Waals surface area (Å²) in [6.07, 6.45) is 1.38. The predicted octanol–water partition coefficient (Wildman–Crippen LogP) is 4.92. The van der Waals surface area contributed by atoms with Crippen LogP contribution in [0.2, 0.25) is 0 Å². The van der Waals surface area contributed by atoms with Crippen LogP contribution < -0.4 is 10.1 Å². The highest BCUT2D eigenvalue weighted by Crippen LogP contribution is 2.35. The number of anilines is 1. The first-order chi connectivity index (χ1) is 18.5. The third-order valence-corrected chi connectivity index (χ3v) is 6.65. The van der Waals surface area contributed by atoms with Crippen LogP contribution in [-0.4, -0.2) is 33.1 Å². The van der Waals surface area contributed by atoms with E-state index in [9.17, 15) is 15.2 Å². The normalized spacial score (nSPS) is 10.5. The summed E-state index contributed by atoms with van der Waals surface area (Å²) < 4.78 is 5.47. The Morgan fingerprint density at radius 1 is 1.00 bits per heavy atom. The molecular weight excluding hydrogens is 500 g/mol. The zero-order valence-corrected chi connectivity index (χ0v) is 20.8. The van der Waals surface area contributed by atoms with Crippen LogP contribution in [0.4, 0.5) is 5.13 Å². The van der Waals surface area contributed by atoms with Gasteiger partial charge in [-0.3, -0.25) is 15.1 Å². The maximum Gasteiger partial charge on any atom is 0.259 e. The summed E-state index contributed by atoms with van der Waals surface area (Å²) in [4.78, 5) is 27.4. The number of aliphatic hydroxyl groups is 1. The summed E-state index contributed by atoms with van der Waals surface area (Å²) in [6, 6.07) is 21.5. The number of aromatic nitrogens is 3. The summed E-state index contributed by atoms with van der Waals surface area (Å²) in [5.74, 6) is 0.000402. The van der Waals surface area contributed by atoms with Crippen molar-refractivity contribution in [1.82, 2.24) is 15.0 Å². The molecule has 1 amide bonds. The highest BCUT2D eigenvalue weighted by Gasteiger charge is 2.20. The minimum absolute atomic E-state index is 0.223. The number of thiazole rings is 1. The molecule has 0 aliphatic rings. The number of hydrogen-bond donors (Lipinski definition) is 2. The number of nitriles is 2. The zero-order chi connectivity index (χ0) is 26.6. The fraction of sp³-hybridized carbons (Fsp3) is 0.0714. The summed E-state index contributed by atoms with van der Waals surface area (Å²) >= 11 is 1.23. The van der Waals surface area contributed by atoms with E-state index in [4.69, 9.17) is 10.00 Å². The van der Waals surface area contributed by atoms with E-state index in [1.807, 2.05) is 24.3 Å². The van der Waals surface area contributed by atoms with E-state index in [0.717, 1.165) is 11.3 Å². The molecule has 0 aliphatic carbocycles. The van der Waals surface area contributed by atoms with Gasteiger partial charge >= 0.3 is 0 Å². The van der Waals surface area contributed by atoms with Crippen LogP contribution in [0.1, 0.15) is 27.2 Å². The molecule has 3 aromatic heterocycles. The molecule has 0 spiro atoms. The minimum Gasteiger partial charge on any atom is -0.496 e. The quantitative estimate of drug-likeness (QED) is 0.322. The number of benzene rings is 2. The standard InChI is InChI=1S/C28H18N6O3S/c1-37-25-9-4-17(13-30)10-21(25)20-11-19(15-35)31-14-22(20)26(36)34-28-33-24-8-7-23(32-27(24)38-28)18-5-2-16(12-29)3-6-18/h2-11,14,35H,15H2,1H3,(H,33,34,36). The molecule has 3 heterocycles. The monoisotopic (exact) mass is 518 g/mol. The molecule has 0 atom stereocenters. The molecule has 5 rings (SSSR count). The first-order valence-corrected chi connectivity index (χ1v) is 12.1. The molecule has 0 radical (unpaired) electrons. The average Bonchev–Trinajstić information content (AvgIpc) is 3.37. The molecule has 5 aromatic rings. The topological polar surface area (TPSA) is 145 Å². The highest BCUT2D eigenvalue weighted by molar-refractivity contribution is 7.22. The number of ether oxygens (including phenoxy) is 1. The van der Waals surface area contributed by atoms with Crippen LogP contribution in [0.3, 0.4) is 0 Å². The van der Waals surface area contributed by atoms with Crippen LogP contribution in [-0.2, 0) is 6.61 Å². The Morgan fingerprint density at radius 2 is 1.76 bits per heavy atom. The van der Waals surface area contributed by atoms with Crippen molar-refractivity contribution < 1.29 is 14.6 Å². The molecule has 0 fully saturated rings. The van der Waals surface area contributed by atoms with Crippen LogP contribution in [0.5, 0.6) is 5.75 Å². The van der Waals surface area contributed by atoms with Crippen molar-refractivity contribution in [1.29, 1.82) is 10.5 Å². The van der Waals surface area contributed by atoms with Crippen LogP contribution in [0, 0.1) is 22.7 Å². The van der Waals surface area contributed by atoms with Gasteiger partial charge in [0.15, 0.2) is 5.13 Å². The van der Waals surface area contributed by atoms with Gasteiger partial charge in [-0.05, 0) is 48.5 Å². The molecule has 184 valence electrons. The van der Waals surface area contributed by atoms with E-state index < -0.39 is 5.91 Å². The number of carbonyl (C=O) groups is 1. The summed E-state index contributed by atoms with van der Waals surface area (Å²) in [5, 5.41) is 31.2. The van der Waals surface area contributed by atoms with Gasteiger partial charge in [-0.15, -0.1) is 0 Å². The zero-order valence-electron chi connectivity index (χ0n) is 20.0. The summed E-state index contributed by atoms with van der Waals surface area (Å²) in [5.41, 5.74) is 4.73. The van der Waals surface area contributed by atoms with Gasteiger partial charge in [0.25, 0.3) is 5.91 Å². The number of aliphatic hydroxyl groups excluding tert-OH is 1. The molecule has 0 aliphatic heterocycles. The summed E-state index contributed by atoms with van der Waals surface area (Å²) in [6.45, 7) is -0.319. The Balaban J connectivity index is 1.49. The van der Waals surface area contributed by atoms with Gasteiger partial charge in [-0.1, -0.05) is 23.5 Å². The van der Waals surface area contributed by atoms with Crippen LogP contribution >= 0.6 is 11.3 Å². The lowest BCUT2D eigenvalue weighted by molar-refractivity contribution is 0.102. The van der Waals surface area contributed by atoms with Gasteiger partial charge in [0.05, 0.1) is 53.9 Å². The number of nitrogens with one attached hydrogen (secondary N) is 1. The molecule has 0 unspecified atom stereocenters. The molecule has 0 saturated carbocycles. The van der Waals surface area contributed by atoms with E-state index in [-0.39, 0.29) is 12.2 Å². The van der Waals surface area contributed by atoms with Gasteiger partial charge < -0.3 is 9.84 Å². The van der Waals surface area contributed by atoms with Crippen LogP contribution in [0.25, 0.3) is 32.7 Å². The van der Waals surface area contributed by atoms with Crippen molar-refractivity contribution in [2.75, 3.05) is 12.4 Å². The number of nitrogens with zero attached hydrogens (tertiary/aromatic N) is 5. The second kappa shape index (κ2) is 10.4. The Kier molecular flexibility index (Phi) is 6.74. The number of carbonyl (C=O) groups excluding carboxylic acids is 1. The van der Waals surface area contributed by atoms with Crippen molar-refractivity contribution in [3.05, 3.63) is 89.2 Å². The smallest absolute Gasteiger partial charge is 0.259 e. The number of methoxy groups -OCH3 is 1. The largest absolute Gasteiger partial charge is 0.496 e. The highest BCUT2D eigenvalue weighted by atomic mass is 32.1. The molecule has 0 saturated heterocycles. The molecule has 38 heavy (non-hydrogen) atoms. The van der Waals surface area contributed by atoms with Crippen molar-refractivity contribution in [3.63, 3.8) is 0 Å². The number of fused-ring (bicyclic) bond motifs is 1. The van der Waals surface area contributed by atoms with Crippen molar-refractivity contribution in [3.8, 4) is 40.3 Å². The maximum absolute atomic E-state index is 13.4. The van der Waals surface area contributed by atoms with E-state index in [0.29, 0.717) is 49.2 Å². The lowest BCUT2D eigenvalue weighted by Gasteiger charge is -2.14. The Labute approximate surface area is 221 Å². The molecule has 2 aromatic carbocycles. The average molecular weight is 519 g/mol. The van der Waals surface area contributed by atoms with Gasteiger partial charge in [0.1, 0.15) is 16.1 Å². The first kappa shape index (κ1) is 24.5. The third-order valence-electron chi connectivity index (χ3n) is 5.77. The number of pyridine rings is 2. The Bertz CT molecular complexity index is 1770. The van der Waals surface area contributed by atoms with E-state index in [1.54, 1.807) is 36.4 Å². The Hall–Kier alpha value is -5.16. The summed E-state index contributed by atoms with van der Waals surface area (Å²) in [7, 11) is 1.50. The fourth-order valence-corrected chi connectivity index (χ4v) is 4.72. The minimum atomic E-state index is -0.465.